The van der Waals surface area contributed by atoms with Crippen LogP contribution in [-0.2, 0) is 22.3 Å². The molecule has 0 aliphatic carbocycles. The summed E-state index contributed by atoms with van der Waals surface area (Å²) in [6.07, 6.45) is -4.67. The number of nitrogens with one attached hydrogen (secondary N) is 3. The van der Waals surface area contributed by atoms with Gasteiger partial charge in [-0.1, -0.05) is 11.3 Å². The van der Waals surface area contributed by atoms with Crippen molar-refractivity contribution in [3.05, 3.63) is 63.7 Å². The molecule has 1 aliphatic heterocycles. The maximum absolute atomic E-state index is 13.6. The molecule has 4 rings (SSSR count). The highest BCUT2D eigenvalue weighted by Crippen LogP contribution is 2.32. The predicted molar refractivity (Wildman–Crippen MR) is 112 cm³/mol. The van der Waals surface area contributed by atoms with E-state index in [1.54, 1.807) is 0 Å². The van der Waals surface area contributed by atoms with Gasteiger partial charge in [0.05, 0.1) is 10.9 Å². The highest BCUT2D eigenvalue weighted by atomic mass is 19.4. The molecular formula is C21H16F4N6O4. The number of anilines is 1. The van der Waals surface area contributed by atoms with E-state index in [1.165, 1.54) is 18.2 Å². The predicted octanol–water partition coefficient (Wildman–Crippen LogP) is 2.25. The van der Waals surface area contributed by atoms with E-state index < -0.39 is 47.0 Å². The van der Waals surface area contributed by atoms with Crippen LogP contribution in [0.5, 0.6) is 0 Å². The fourth-order valence-corrected chi connectivity index (χ4v) is 3.51. The minimum absolute atomic E-state index is 0.0528. The first-order chi connectivity index (χ1) is 16.5. The molecule has 1 fully saturated rings. The summed E-state index contributed by atoms with van der Waals surface area (Å²) >= 11 is 0. The largest absolute Gasteiger partial charge is 0.419 e. The summed E-state index contributed by atoms with van der Waals surface area (Å²) in [6.45, 7) is -0.0528. The van der Waals surface area contributed by atoms with Gasteiger partial charge in [-0.25, -0.2) is 9.18 Å². The molecule has 2 aromatic carbocycles. The Bertz CT molecular complexity index is 1400. The maximum Gasteiger partial charge on any atom is 0.419 e. The summed E-state index contributed by atoms with van der Waals surface area (Å²) in [6, 6.07) is 4.69. The second-order valence-electron chi connectivity index (χ2n) is 7.66. The fraction of sp³-hybridized carbons (Fsp3) is 0.238. The van der Waals surface area contributed by atoms with E-state index in [2.05, 4.69) is 26.3 Å². The first-order valence-corrected chi connectivity index (χ1v) is 10.2. The third kappa shape index (κ3) is 5.10. The Labute approximate surface area is 193 Å². The highest BCUT2D eigenvalue weighted by molar-refractivity contribution is 5.99. The number of imide groups is 1. The van der Waals surface area contributed by atoms with Gasteiger partial charge in [0.1, 0.15) is 17.4 Å². The fourth-order valence-electron chi connectivity index (χ4n) is 3.51. The molecule has 14 heteroatoms. The Hall–Kier alpha value is -4.36. The zero-order valence-corrected chi connectivity index (χ0v) is 17.6. The molecule has 1 aromatic heterocycles. The molecule has 1 unspecified atom stereocenters. The summed E-state index contributed by atoms with van der Waals surface area (Å²) in [5.74, 6) is -2.60. The number of hydrogen-bond acceptors (Lipinski definition) is 6. The van der Waals surface area contributed by atoms with Crippen LogP contribution in [0.15, 0.2) is 41.2 Å². The van der Waals surface area contributed by atoms with Crippen molar-refractivity contribution in [3.63, 3.8) is 0 Å². The lowest BCUT2D eigenvalue weighted by atomic mass is 10.1. The van der Waals surface area contributed by atoms with E-state index >= 15 is 0 Å². The van der Waals surface area contributed by atoms with Gasteiger partial charge >= 0.3 is 12.2 Å². The summed E-state index contributed by atoms with van der Waals surface area (Å²) < 4.78 is 52.5. The van der Waals surface area contributed by atoms with Crippen LogP contribution in [0, 0.1) is 5.82 Å². The number of fused-ring (bicyclic) bond motifs is 1. The molecule has 1 atom stereocenters. The van der Waals surface area contributed by atoms with Gasteiger partial charge in [-0.15, -0.1) is 5.10 Å². The topological polar surface area (TPSA) is 135 Å². The number of piperidine rings is 1. The minimum Gasteiger partial charge on any atom is -0.334 e. The number of urea groups is 1. The average molecular weight is 492 g/mol. The molecule has 1 aliphatic rings. The van der Waals surface area contributed by atoms with Crippen molar-refractivity contribution in [2.24, 2.45) is 0 Å². The Morgan fingerprint density at radius 2 is 1.91 bits per heavy atom. The van der Waals surface area contributed by atoms with Crippen molar-refractivity contribution in [3.8, 4) is 0 Å². The third-order valence-corrected chi connectivity index (χ3v) is 5.24. The minimum atomic E-state index is -4.85. The number of carbonyl (C=O) groups is 3. The van der Waals surface area contributed by atoms with Crippen molar-refractivity contribution in [1.29, 1.82) is 0 Å². The number of hydrogen-bond donors (Lipinski definition) is 3. The lowest BCUT2D eigenvalue weighted by Gasteiger charge is -2.21. The molecule has 3 aromatic rings. The van der Waals surface area contributed by atoms with Gasteiger partial charge in [-0.05, 0) is 42.3 Å². The molecule has 2 heterocycles. The van der Waals surface area contributed by atoms with Crippen LogP contribution < -0.4 is 21.5 Å². The Balaban J connectivity index is 1.43. The van der Waals surface area contributed by atoms with Crippen molar-refractivity contribution >= 4 is 34.4 Å². The van der Waals surface area contributed by atoms with Gasteiger partial charge in [-0.3, -0.25) is 19.7 Å². The van der Waals surface area contributed by atoms with Gasteiger partial charge in [0, 0.05) is 18.7 Å². The molecular weight excluding hydrogens is 476 g/mol. The summed E-state index contributed by atoms with van der Waals surface area (Å²) in [7, 11) is 0. The van der Waals surface area contributed by atoms with Crippen LogP contribution >= 0.6 is 0 Å². The molecule has 0 saturated carbocycles. The summed E-state index contributed by atoms with van der Waals surface area (Å²) in [5.41, 5.74) is -1.49. The van der Waals surface area contributed by atoms with E-state index in [9.17, 15) is 36.7 Å². The first kappa shape index (κ1) is 23.8. The molecule has 182 valence electrons. The molecule has 35 heavy (non-hydrogen) atoms. The van der Waals surface area contributed by atoms with Crippen LogP contribution in [0.3, 0.4) is 0 Å². The quantitative estimate of drug-likeness (QED) is 0.378. The molecule has 1 saturated heterocycles. The lowest BCUT2D eigenvalue weighted by Crippen LogP contribution is -2.45. The average Bonchev–Trinajstić information content (AvgIpc) is 2.78. The zero-order chi connectivity index (χ0) is 25.3. The molecule has 0 radical (unpaired) electrons. The van der Waals surface area contributed by atoms with Gasteiger partial charge in [-0.2, -0.15) is 17.9 Å². The molecule has 3 N–H and O–H groups in total. The number of amides is 4. The summed E-state index contributed by atoms with van der Waals surface area (Å²) in [4.78, 5) is 48.2. The zero-order valence-electron chi connectivity index (χ0n) is 17.6. The van der Waals surface area contributed by atoms with Crippen molar-refractivity contribution in [2.45, 2.75) is 31.6 Å². The highest BCUT2D eigenvalue weighted by Gasteiger charge is 2.34. The van der Waals surface area contributed by atoms with Crippen molar-refractivity contribution < 1.29 is 31.9 Å². The third-order valence-electron chi connectivity index (χ3n) is 5.24. The number of rotatable bonds is 4. The number of carbonyl (C=O) groups excluding carboxylic acids is 3. The molecule has 4 amide bonds. The van der Waals surface area contributed by atoms with Crippen LogP contribution in [0.25, 0.3) is 10.9 Å². The second kappa shape index (κ2) is 9.12. The maximum atomic E-state index is 13.6. The summed E-state index contributed by atoms with van der Waals surface area (Å²) in [5, 5.41) is 14.7. The van der Waals surface area contributed by atoms with E-state index in [1.807, 2.05) is 0 Å². The van der Waals surface area contributed by atoms with Crippen LogP contribution in [-0.4, -0.2) is 32.8 Å². The first-order valence-electron chi connectivity index (χ1n) is 10.2. The second-order valence-corrected chi connectivity index (χ2v) is 7.66. The molecule has 0 bridgehead atoms. The van der Waals surface area contributed by atoms with Crippen molar-refractivity contribution in [1.82, 2.24) is 25.6 Å². The molecule has 0 spiro atoms. The molecule has 10 nitrogen and oxygen atoms in total. The normalized spacial score (nSPS) is 16.2. The van der Waals surface area contributed by atoms with E-state index in [0.29, 0.717) is 17.7 Å². The van der Waals surface area contributed by atoms with Crippen molar-refractivity contribution in [2.75, 3.05) is 5.32 Å². The van der Waals surface area contributed by atoms with E-state index in [4.69, 9.17) is 0 Å². The van der Waals surface area contributed by atoms with Gasteiger partial charge in [0.15, 0.2) is 0 Å². The number of halogens is 4. The lowest BCUT2D eigenvalue weighted by molar-refractivity contribution is -0.140. The van der Waals surface area contributed by atoms with E-state index in [-0.39, 0.29) is 36.0 Å². The van der Waals surface area contributed by atoms with Gasteiger partial charge < -0.3 is 10.6 Å². The SMILES string of the molecule is O=C1CCC(n2nnc3cc(CNC(=O)Nc4ccc(C(F)(F)F)c(F)c4)ccc3c2=O)C(=O)N1. The number of alkyl halides is 3. The Morgan fingerprint density at radius 1 is 1.14 bits per heavy atom. The standard InChI is InChI=1S/C21H16F4N6O4/c22-14-8-11(2-4-13(14)21(23,24)25)27-20(35)26-9-10-1-3-12-15(7-10)29-30-31(19(12)34)16-5-6-17(32)28-18(16)33/h1-4,7-8,16H,5-6,9H2,(H2,26,27,35)(H,28,32,33). The number of aromatic nitrogens is 3. The van der Waals surface area contributed by atoms with Gasteiger partial charge in [0.2, 0.25) is 5.91 Å². The Kier molecular flexibility index (Phi) is 6.20. The number of benzene rings is 2. The number of nitrogens with zero attached hydrogens (tertiary/aromatic N) is 3. The van der Waals surface area contributed by atoms with E-state index in [0.717, 1.165) is 10.7 Å². The van der Waals surface area contributed by atoms with Crippen LogP contribution in [0.2, 0.25) is 0 Å². The Morgan fingerprint density at radius 3 is 2.60 bits per heavy atom. The smallest absolute Gasteiger partial charge is 0.334 e. The van der Waals surface area contributed by atoms with Crippen LogP contribution in [0.1, 0.15) is 30.0 Å². The van der Waals surface area contributed by atoms with Crippen LogP contribution in [0.4, 0.5) is 28.0 Å². The monoisotopic (exact) mass is 492 g/mol. The van der Waals surface area contributed by atoms with Gasteiger partial charge in [0.25, 0.3) is 11.5 Å².